The molecule has 1 heterocycles. The zero-order valence-corrected chi connectivity index (χ0v) is 14.7. The number of halogens is 1. The maximum Gasteiger partial charge on any atom is 0.265 e. The van der Waals surface area contributed by atoms with E-state index in [0.29, 0.717) is 29.1 Å². The summed E-state index contributed by atoms with van der Waals surface area (Å²) in [5.74, 6) is 1.31. The molecular weight excluding hydrogens is 349 g/mol. The van der Waals surface area contributed by atoms with Crippen LogP contribution >= 0.6 is 0 Å². The van der Waals surface area contributed by atoms with Crippen LogP contribution in [0.15, 0.2) is 53.1 Å². The van der Waals surface area contributed by atoms with Crippen molar-refractivity contribution in [2.24, 2.45) is 0 Å². The molecule has 27 heavy (non-hydrogen) atoms. The molecule has 1 aliphatic rings. The Kier molecular flexibility index (Phi) is 4.58. The van der Waals surface area contributed by atoms with E-state index in [1.807, 2.05) is 12.1 Å². The third-order valence-electron chi connectivity index (χ3n) is 4.25. The molecule has 7 heteroatoms. The molecule has 0 saturated heterocycles. The van der Waals surface area contributed by atoms with Gasteiger partial charge in [0.2, 0.25) is 11.7 Å². The maximum atomic E-state index is 12.9. The second-order valence-corrected chi connectivity index (χ2v) is 6.51. The van der Waals surface area contributed by atoms with Crippen LogP contribution in [0.4, 0.5) is 10.1 Å². The van der Waals surface area contributed by atoms with Crippen molar-refractivity contribution in [1.29, 1.82) is 0 Å². The molecule has 0 bridgehead atoms. The Morgan fingerprint density at radius 3 is 2.78 bits per heavy atom. The fraction of sp³-hybridized carbons (Fsp3) is 0.250. The van der Waals surface area contributed by atoms with Crippen LogP contribution in [0.2, 0.25) is 0 Å². The molecule has 6 nitrogen and oxygen atoms in total. The monoisotopic (exact) mass is 367 g/mol. The van der Waals surface area contributed by atoms with Crippen molar-refractivity contribution >= 4 is 11.6 Å². The number of carbonyl (C=O) groups is 1. The van der Waals surface area contributed by atoms with Crippen LogP contribution in [0.3, 0.4) is 0 Å². The third-order valence-corrected chi connectivity index (χ3v) is 4.25. The molecule has 1 amide bonds. The maximum absolute atomic E-state index is 12.9. The number of anilines is 1. The second kappa shape index (κ2) is 7.19. The Morgan fingerprint density at radius 2 is 2.04 bits per heavy atom. The Labute approximate surface area is 155 Å². The fourth-order valence-corrected chi connectivity index (χ4v) is 2.60. The summed E-state index contributed by atoms with van der Waals surface area (Å²) in [6, 6.07) is 12.7. The predicted octanol–water partition coefficient (Wildman–Crippen LogP) is 4.16. The van der Waals surface area contributed by atoms with E-state index in [2.05, 4.69) is 15.5 Å². The standard InChI is InChI=1S/C20H18FN3O3/c1-12(26-17-9-7-15(21)8-10-17)19(25)22-16-4-2-3-14(11-16)18-23-20(27-24-18)13-5-6-13/h2-4,7-13H,5-6H2,1H3,(H,22,25)/t12-/m0/s1. The summed E-state index contributed by atoms with van der Waals surface area (Å²) < 4.78 is 23.8. The van der Waals surface area contributed by atoms with Crippen molar-refractivity contribution < 1.29 is 18.4 Å². The fourth-order valence-electron chi connectivity index (χ4n) is 2.60. The molecule has 1 N–H and O–H groups in total. The largest absolute Gasteiger partial charge is 0.481 e. The van der Waals surface area contributed by atoms with Crippen LogP contribution in [-0.4, -0.2) is 22.2 Å². The molecule has 4 rings (SSSR count). The van der Waals surface area contributed by atoms with E-state index in [1.54, 1.807) is 19.1 Å². The number of carbonyl (C=O) groups excluding carboxylic acids is 1. The number of amides is 1. The molecule has 0 unspecified atom stereocenters. The minimum absolute atomic E-state index is 0.316. The number of benzene rings is 2. The van der Waals surface area contributed by atoms with Crippen LogP contribution in [0.5, 0.6) is 5.75 Å². The van der Waals surface area contributed by atoms with Gasteiger partial charge in [0.05, 0.1) is 0 Å². The first-order valence-electron chi connectivity index (χ1n) is 8.75. The summed E-state index contributed by atoms with van der Waals surface area (Å²) in [6.07, 6.45) is 1.43. The van der Waals surface area contributed by atoms with Crippen molar-refractivity contribution in [2.75, 3.05) is 5.32 Å². The van der Waals surface area contributed by atoms with Crippen LogP contribution in [0.1, 0.15) is 31.6 Å². The van der Waals surface area contributed by atoms with Crippen molar-refractivity contribution in [1.82, 2.24) is 10.1 Å². The van der Waals surface area contributed by atoms with E-state index in [-0.39, 0.29) is 11.7 Å². The van der Waals surface area contributed by atoms with Gasteiger partial charge in [0.15, 0.2) is 6.10 Å². The van der Waals surface area contributed by atoms with Gasteiger partial charge in [0, 0.05) is 17.2 Å². The highest BCUT2D eigenvalue weighted by molar-refractivity contribution is 5.94. The van der Waals surface area contributed by atoms with Gasteiger partial charge >= 0.3 is 0 Å². The minimum Gasteiger partial charge on any atom is -0.481 e. The Bertz CT molecular complexity index is 951. The molecule has 1 fully saturated rings. The van der Waals surface area contributed by atoms with Gasteiger partial charge in [0.25, 0.3) is 5.91 Å². The summed E-state index contributed by atoms with van der Waals surface area (Å²) in [7, 11) is 0. The van der Waals surface area contributed by atoms with Gasteiger partial charge in [-0.25, -0.2) is 4.39 Å². The zero-order chi connectivity index (χ0) is 18.8. The number of nitrogens with one attached hydrogen (secondary N) is 1. The predicted molar refractivity (Wildman–Crippen MR) is 96.8 cm³/mol. The summed E-state index contributed by atoms with van der Waals surface area (Å²) in [5.41, 5.74) is 1.36. The number of hydrogen-bond donors (Lipinski definition) is 1. The first-order chi connectivity index (χ1) is 13.1. The molecule has 3 aromatic rings. The van der Waals surface area contributed by atoms with E-state index >= 15 is 0 Å². The average Bonchev–Trinajstić information content (AvgIpc) is 3.40. The van der Waals surface area contributed by atoms with Crippen molar-refractivity contribution in [3.8, 4) is 17.1 Å². The number of hydrogen-bond acceptors (Lipinski definition) is 5. The lowest BCUT2D eigenvalue weighted by Gasteiger charge is -2.15. The molecule has 1 saturated carbocycles. The van der Waals surface area contributed by atoms with Gasteiger partial charge in [0.1, 0.15) is 11.6 Å². The SMILES string of the molecule is C[C@H](Oc1ccc(F)cc1)C(=O)Nc1cccc(-c2noc(C3CC3)n2)c1. The van der Waals surface area contributed by atoms with Crippen LogP contribution in [-0.2, 0) is 4.79 Å². The van der Waals surface area contributed by atoms with Crippen molar-refractivity contribution in [3.05, 3.63) is 60.2 Å². The first kappa shape index (κ1) is 17.2. The Hall–Kier alpha value is -3.22. The number of rotatable bonds is 6. The highest BCUT2D eigenvalue weighted by Gasteiger charge is 2.29. The van der Waals surface area contributed by atoms with Crippen LogP contribution < -0.4 is 10.1 Å². The molecule has 1 atom stereocenters. The number of nitrogens with zero attached hydrogens (tertiary/aromatic N) is 2. The molecular formula is C20H18FN3O3. The van der Waals surface area contributed by atoms with E-state index in [0.717, 1.165) is 18.4 Å². The normalized spacial score (nSPS) is 14.6. The van der Waals surface area contributed by atoms with E-state index in [4.69, 9.17) is 9.26 Å². The first-order valence-corrected chi connectivity index (χ1v) is 8.75. The van der Waals surface area contributed by atoms with Crippen LogP contribution in [0, 0.1) is 5.82 Å². The van der Waals surface area contributed by atoms with Crippen LogP contribution in [0.25, 0.3) is 11.4 Å². The second-order valence-electron chi connectivity index (χ2n) is 6.51. The third kappa shape index (κ3) is 4.13. The minimum atomic E-state index is -0.745. The average molecular weight is 367 g/mol. The van der Waals surface area contributed by atoms with Gasteiger partial charge < -0.3 is 14.6 Å². The lowest BCUT2D eigenvalue weighted by atomic mass is 10.2. The van der Waals surface area contributed by atoms with Crippen molar-refractivity contribution in [3.63, 3.8) is 0 Å². The molecule has 0 aliphatic heterocycles. The molecule has 0 radical (unpaired) electrons. The lowest BCUT2D eigenvalue weighted by Crippen LogP contribution is -2.30. The molecule has 2 aromatic carbocycles. The van der Waals surface area contributed by atoms with Gasteiger partial charge in [-0.2, -0.15) is 4.98 Å². The van der Waals surface area contributed by atoms with Gasteiger partial charge in [-0.1, -0.05) is 17.3 Å². The van der Waals surface area contributed by atoms with Gasteiger partial charge in [-0.05, 0) is 56.2 Å². The Morgan fingerprint density at radius 1 is 1.26 bits per heavy atom. The highest BCUT2D eigenvalue weighted by atomic mass is 19.1. The van der Waals surface area contributed by atoms with Crippen molar-refractivity contribution in [2.45, 2.75) is 31.8 Å². The smallest absolute Gasteiger partial charge is 0.265 e. The van der Waals surface area contributed by atoms with E-state index in [1.165, 1.54) is 24.3 Å². The lowest BCUT2D eigenvalue weighted by molar-refractivity contribution is -0.122. The highest BCUT2D eigenvalue weighted by Crippen LogP contribution is 2.39. The quantitative estimate of drug-likeness (QED) is 0.708. The molecule has 138 valence electrons. The Balaban J connectivity index is 1.42. The van der Waals surface area contributed by atoms with Gasteiger partial charge in [-0.15, -0.1) is 0 Å². The molecule has 1 aliphatic carbocycles. The van der Waals surface area contributed by atoms with E-state index in [9.17, 15) is 9.18 Å². The topological polar surface area (TPSA) is 77.2 Å². The zero-order valence-electron chi connectivity index (χ0n) is 14.7. The molecule has 0 spiro atoms. The van der Waals surface area contributed by atoms with E-state index < -0.39 is 6.10 Å². The van der Waals surface area contributed by atoms with Gasteiger partial charge in [-0.3, -0.25) is 4.79 Å². The summed E-state index contributed by atoms with van der Waals surface area (Å²) in [5, 5.41) is 6.81. The summed E-state index contributed by atoms with van der Waals surface area (Å²) >= 11 is 0. The summed E-state index contributed by atoms with van der Waals surface area (Å²) in [6.45, 7) is 1.63. The number of aromatic nitrogens is 2. The number of ether oxygens (including phenoxy) is 1. The summed E-state index contributed by atoms with van der Waals surface area (Å²) in [4.78, 5) is 16.8. The molecule has 1 aromatic heterocycles.